The predicted molar refractivity (Wildman–Crippen MR) is 84.5 cm³/mol. The summed E-state index contributed by atoms with van der Waals surface area (Å²) in [5.41, 5.74) is 1.98. The van der Waals surface area contributed by atoms with E-state index in [0.717, 1.165) is 23.9 Å². The number of nitrogens with zero attached hydrogens (tertiary/aromatic N) is 5. The molecule has 8 nitrogen and oxygen atoms in total. The van der Waals surface area contributed by atoms with Gasteiger partial charge in [0.1, 0.15) is 0 Å². The average molecular weight is 323 g/mol. The summed E-state index contributed by atoms with van der Waals surface area (Å²) < 4.78 is 7.53. The first kappa shape index (κ1) is 14.4. The molecule has 120 valence electrons. The number of rotatable bonds is 3. The van der Waals surface area contributed by atoms with Gasteiger partial charge in [0.2, 0.25) is 5.69 Å². The number of carboxylic acids is 1. The molecule has 0 bridgehead atoms. The van der Waals surface area contributed by atoms with Gasteiger partial charge in [0.25, 0.3) is 0 Å². The number of aromatic nitrogens is 4. The molecule has 1 aromatic carbocycles. The molecule has 1 aliphatic rings. The van der Waals surface area contributed by atoms with E-state index in [1.54, 1.807) is 6.07 Å². The fraction of sp³-hybridized carbons (Fsp3) is 0.250. The SMILES string of the molecule is [C-]#[N+]c1cn(C2CCOC2)c2ccc(-n3ncc(C(=O)O)n3)cc12. The van der Waals surface area contributed by atoms with E-state index < -0.39 is 5.97 Å². The Morgan fingerprint density at radius 2 is 2.33 bits per heavy atom. The van der Waals surface area contributed by atoms with E-state index in [1.165, 1.54) is 11.0 Å². The molecule has 0 spiro atoms. The summed E-state index contributed by atoms with van der Waals surface area (Å²) in [4.78, 5) is 15.8. The maximum Gasteiger partial charge on any atom is 0.358 e. The number of hydrogen-bond acceptors (Lipinski definition) is 4. The number of benzene rings is 1. The summed E-state index contributed by atoms with van der Waals surface area (Å²) in [5, 5.41) is 17.7. The molecule has 1 saturated heterocycles. The molecule has 1 N–H and O–H groups in total. The van der Waals surface area contributed by atoms with E-state index in [9.17, 15) is 4.79 Å². The molecule has 3 aromatic rings. The van der Waals surface area contributed by atoms with Crippen molar-refractivity contribution in [2.24, 2.45) is 0 Å². The lowest BCUT2D eigenvalue weighted by Crippen LogP contribution is -2.07. The topological polar surface area (TPSA) is 86.5 Å². The molecule has 3 heterocycles. The Kier molecular flexibility index (Phi) is 3.29. The zero-order valence-electron chi connectivity index (χ0n) is 12.6. The van der Waals surface area contributed by atoms with Gasteiger partial charge in [-0.1, -0.05) is 0 Å². The fourth-order valence-corrected chi connectivity index (χ4v) is 2.97. The van der Waals surface area contributed by atoms with Crippen LogP contribution in [0.5, 0.6) is 0 Å². The van der Waals surface area contributed by atoms with Gasteiger partial charge < -0.3 is 14.4 Å². The van der Waals surface area contributed by atoms with Crippen LogP contribution in [-0.2, 0) is 4.74 Å². The summed E-state index contributed by atoms with van der Waals surface area (Å²) in [7, 11) is 0. The first-order valence-corrected chi connectivity index (χ1v) is 7.43. The van der Waals surface area contributed by atoms with E-state index >= 15 is 0 Å². The quantitative estimate of drug-likeness (QED) is 0.748. The van der Waals surface area contributed by atoms with Crippen LogP contribution in [0.25, 0.3) is 21.4 Å². The highest BCUT2D eigenvalue weighted by molar-refractivity contribution is 5.95. The molecule has 0 aliphatic carbocycles. The van der Waals surface area contributed by atoms with Crippen molar-refractivity contribution in [1.29, 1.82) is 0 Å². The van der Waals surface area contributed by atoms with Crippen LogP contribution in [0.3, 0.4) is 0 Å². The van der Waals surface area contributed by atoms with Crippen LogP contribution < -0.4 is 0 Å². The van der Waals surface area contributed by atoms with Gasteiger partial charge in [-0.15, -0.1) is 5.10 Å². The second-order valence-electron chi connectivity index (χ2n) is 5.58. The number of carboxylic acid groups (broad SMARTS) is 1. The lowest BCUT2D eigenvalue weighted by atomic mass is 10.2. The van der Waals surface area contributed by atoms with Crippen LogP contribution in [-0.4, -0.2) is 43.9 Å². The average Bonchev–Trinajstić information content (AvgIpc) is 3.32. The lowest BCUT2D eigenvalue weighted by Gasteiger charge is -2.12. The number of carbonyl (C=O) groups is 1. The minimum Gasteiger partial charge on any atom is -0.476 e. The summed E-state index contributed by atoms with van der Waals surface area (Å²) >= 11 is 0. The zero-order valence-corrected chi connectivity index (χ0v) is 12.6. The first-order valence-electron chi connectivity index (χ1n) is 7.43. The highest BCUT2D eigenvalue weighted by atomic mass is 16.5. The first-order chi connectivity index (χ1) is 11.7. The van der Waals surface area contributed by atoms with Crippen LogP contribution in [0.2, 0.25) is 0 Å². The Bertz CT molecular complexity index is 975. The van der Waals surface area contributed by atoms with Gasteiger partial charge in [0.15, 0.2) is 5.69 Å². The van der Waals surface area contributed by atoms with Crippen molar-refractivity contribution in [1.82, 2.24) is 19.6 Å². The summed E-state index contributed by atoms with van der Waals surface area (Å²) in [6.07, 6.45) is 3.97. The monoisotopic (exact) mass is 323 g/mol. The molecule has 0 radical (unpaired) electrons. The standard InChI is InChI=1S/C16H13N5O3/c1-17-14-8-20(11-4-5-24-9-11)15-3-2-10(6-12(14)15)21-18-7-13(19-21)16(22)23/h2-3,6-8,11H,4-5,9H2,(H,22,23). The van der Waals surface area contributed by atoms with E-state index in [2.05, 4.69) is 19.6 Å². The Morgan fingerprint density at radius 1 is 1.46 bits per heavy atom. The molecule has 1 fully saturated rings. The summed E-state index contributed by atoms with van der Waals surface area (Å²) in [5.74, 6) is -1.13. The van der Waals surface area contributed by atoms with Gasteiger partial charge in [-0.3, -0.25) is 0 Å². The lowest BCUT2D eigenvalue weighted by molar-refractivity contribution is 0.0690. The molecule has 2 aromatic heterocycles. The predicted octanol–water partition coefficient (Wildman–Crippen LogP) is 2.43. The van der Waals surface area contributed by atoms with Gasteiger partial charge in [-0.05, 0) is 24.6 Å². The van der Waals surface area contributed by atoms with Crippen molar-refractivity contribution < 1.29 is 14.6 Å². The Labute approximate surface area is 136 Å². The number of fused-ring (bicyclic) bond motifs is 1. The molecule has 0 saturated carbocycles. The minimum atomic E-state index is -1.13. The van der Waals surface area contributed by atoms with Crippen molar-refractivity contribution in [2.75, 3.05) is 13.2 Å². The highest BCUT2D eigenvalue weighted by Crippen LogP contribution is 2.34. The Balaban J connectivity index is 1.82. The van der Waals surface area contributed by atoms with E-state index in [0.29, 0.717) is 18.0 Å². The largest absolute Gasteiger partial charge is 0.476 e. The van der Waals surface area contributed by atoms with Crippen LogP contribution in [0, 0.1) is 6.57 Å². The van der Waals surface area contributed by atoms with Gasteiger partial charge >= 0.3 is 5.97 Å². The second kappa shape index (κ2) is 5.47. The van der Waals surface area contributed by atoms with Crippen molar-refractivity contribution in [3.05, 3.63) is 47.7 Å². The third kappa shape index (κ3) is 2.23. The van der Waals surface area contributed by atoms with Gasteiger partial charge in [-0.25, -0.2) is 9.64 Å². The molecule has 0 amide bonds. The summed E-state index contributed by atoms with van der Waals surface area (Å²) in [6, 6.07) is 5.76. The minimum absolute atomic E-state index is 0.124. The van der Waals surface area contributed by atoms with Crippen molar-refractivity contribution >= 4 is 22.6 Å². The maximum atomic E-state index is 10.9. The van der Waals surface area contributed by atoms with E-state index in [4.69, 9.17) is 16.4 Å². The molecule has 1 aliphatic heterocycles. The molecule has 4 rings (SSSR count). The molecular weight excluding hydrogens is 310 g/mol. The molecule has 8 heteroatoms. The highest BCUT2D eigenvalue weighted by Gasteiger charge is 2.21. The normalized spacial score (nSPS) is 17.2. The van der Waals surface area contributed by atoms with E-state index in [-0.39, 0.29) is 11.7 Å². The van der Waals surface area contributed by atoms with Crippen LogP contribution in [0.4, 0.5) is 5.69 Å². The Hall–Kier alpha value is -3.18. The van der Waals surface area contributed by atoms with Crippen molar-refractivity contribution in [3.63, 3.8) is 0 Å². The summed E-state index contributed by atoms with van der Waals surface area (Å²) in [6.45, 7) is 8.78. The van der Waals surface area contributed by atoms with Crippen LogP contribution in [0.1, 0.15) is 23.0 Å². The van der Waals surface area contributed by atoms with Gasteiger partial charge in [0, 0.05) is 23.7 Å². The molecule has 1 atom stereocenters. The van der Waals surface area contributed by atoms with Crippen molar-refractivity contribution in [2.45, 2.75) is 12.5 Å². The number of aromatic carboxylic acids is 1. The van der Waals surface area contributed by atoms with Crippen LogP contribution in [0.15, 0.2) is 30.6 Å². The third-order valence-electron chi connectivity index (χ3n) is 4.16. The smallest absolute Gasteiger partial charge is 0.358 e. The van der Waals surface area contributed by atoms with Gasteiger partial charge in [0.05, 0.1) is 31.1 Å². The third-order valence-corrected chi connectivity index (χ3v) is 4.16. The van der Waals surface area contributed by atoms with Gasteiger partial charge in [-0.2, -0.15) is 9.90 Å². The van der Waals surface area contributed by atoms with E-state index in [1.807, 2.05) is 18.3 Å². The second-order valence-corrected chi connectivity index (χ2v) is 5.58. The number of ether oxygens (including phenoxy) is 1. The van der Waals surface area contributed by atoms with Crippen molar-refractivity contribution in [3.8, 4) is 5.69 Å². The number of hydrogen-bond donors (Lipinski definition) is 1. The van der Waals surface area contributed by atoms with Crippen LogP contribution >= 0.6 is 0 Å². The molecule has 1 unspecified atom stereocenters. The zero-order chi connectivity index (χ0) is 16.7. The maximum absolute atomic E-state index is 10.9. The fourth-order valence-electron chi connectivity index (χ4n) is 2.97. The Morgan fingerprint density at radius 3 is 3.00 bits per heavy atom. The molecule has 24 heavy (non-hydrogen) atoms. The molecular formula is C16H13N5O3.